The molecular weight excluding hydrogens is 314 g/mol. The average molecular weight is 333 g/mol. The molecule has 7 heteroatoms. The van der Waals surface area contributed by atoms with Crippen LogP contribution in [0.25, 0.3) is 0 Å². The molecule has 0 aliphatic carbocycles. The lowest BCUT2D eigenvalue weighted by molar-refractivity contribution is 0.0954. The van der Waals surface area contributed by atoms with Crippen molar-refractivity contribution in [2.75, 3.05) is 17.0 Å². The number of aromatic nitrogens is 1. The van der Waals surface area contributed by atoms with Gasteiger partial charge < -0.3 is 5.32 Å². The summed E-state index contributed by atoms with van der Waals surface area (Å²) in [5.41, 5.74) is 1.83. The highest BCUT2D eigenvalue weighted by Crippen LogP contribution is 2.12. The SMILES string of the molecule is CCS(=O)(=O)Nc1cccc(C(=O)NCCc2cccnc2)c1. The Morgan fingerprint density at radius 2 is 2.04 bits per heavy atom. The molecule has 0 spiro atoms. The van der Waals surface area contributed by atoms with Crippen molar-refractivity contribution in [1.82, 2.24) is 10.3 Å². The smallest absolute Gasteiger partial charge is 0.251 e. The lowest BCUT2D eigenvalue weighted by atomic mass is 10.2. The predicted molar refractivity (Wildman–Crippen MR) is 89.8 cm³/mol. The summed E-state index contributed by atoms with van der Waals surface area (Å²) in [7, 11) is -3.36. The molecule has 0 unspecified atom stereocenters. The number of nitrogens with one attached hydrogen (secondary N) is 2. The van der Waals surface area contributed by atoms with Crippen LogP contribution in [0, 0.1) is 0 Å². The molecule has 6 nitrogen and oxygen atoms in total. The van der Waals surface area contributed by atoms with Crippen molar-refractivity contribution < 1.29 is 13.2 Å². The summed E-state index contributed by atoms with van der Waals surface area (Å²) in [4.78, 5) is 16.1. The van der Waals surface area contributed by atoms with E-state index < -0.39 is 10.0 Å². The van der Waals surface area contributed by atoms with Crippen LogP contribution in [-0.4, -0.2) is 31.6 Å². The van der Waals surface area contributed by atoms with Gasteiger partial charge in [0.25, 0.3) is 5.91 Å². The Hall–Kier alpha value is -2.41. The lowest BCUT2D eigenvalue weighted by Gasteiger charge is -2.09. The minimum atomic E-state index is -3.36. The molecule has 0 saturated carbocycles. The molecule has 0 atom stereocenters. The highest BCUT2D eigenvalue weighted by Gasteiger charge is 2.10. The molecule has 2 N–H and O–H groups in total. The molecule has 2 aromatic rings. The number of carbonyl (C=O) groups excluding carboxylic acids is 1. The minimum Gasteiger partial charge on any atom is -0.352 e. The van der Waals surface area contributed by atoms with Crippen molar-refractivity contribution in [2.24, 2.45) is 0 Å². The number of benzene rings is 1. The third-order valence-corrected chi connectivity index (χ3v) is 4.51. The molecule has 1 aromatic carbocycles. The van der Waals surface area contributed by atoms with E-state index in [0.29, 0.717) is 24.2 Å². The van der Waals surface area contributed by atoms with Crippen molar-refractivity contribution in [3.63, 3.8) is 0 Å². The van der Waals surface area contributed by atoms with Crippen LogP contribution in [0.2, 0.25) is 0 Å². The fourth-order valence-electron chi connectivity index (χ4n) is 1.94. The first kappa shape index (κ1) is 17.0. The van der Waals surface area contributed by atoms with E-state index in [1.165, 1.54) is 6.07 Å². The summed E-state index contributed by atoms with van der Waals surface area (Å²) in [5, 5.41) is 2.81. The van der Waals surface area contributed by atoms with E-state index in [4.69, 9.17) is 0 Å². The van der Waals surface area contributed by atoms with E-state index in [0.717, 1.165) is 5.56 Å². The van der Waals surface area contributed by atoms with Gasteiger partial charge in [-0.3, -0.25) is 14.5 Å². The highest BCUT2D eigenvalue weighted by molar-refractivity contribution is 7.92. The molecule has 0 fully saturated rings. The molecule has 23 heavy (non-hydrogen) atoms. The Bertz CT molecular complexity index is 761. The third kappa shape index (κ3) is 5.37. The second-order valence-corrected chi connectivity index (χ2v) is 6.96. The zero-order valence-corrected chi connectivity index (χ0v) is 13.6. The largest absolute Gasteiger partial charge is 0.352 e. The Kier molecular flexibility index (Phi) is 5.70. The average Bonchev–Trinajstić information content (AvgIpc) is 2.55. The van der Waals surface area contributed by atoms with Gasteiger partial charge >= 0.3 is 0 Å². The quantitative estimate of drug-likeness (QED) is 0.809. The molecule has 1 heterocycles. The van der Waals surface area contributed by atoms with Gasteiger partial charge in [0.2, 0.25) is 10.0 Å². The Morgan fingerprint density at radius 3 is 2.74 bits per heavy atom. The maximum atomic E-state index is 12.1. The number of hydrogen-bond donors (Lipinski definition) is 2. The molecule has 0 bridgehead atoms. The van der Waals surface area contributed by atoms with Gasteiger partial charge in [-0.15, -0.1) is 0 Å². The first-order chi connectivity index (χ1) is 11.0. The van der Waals surface area contributed by atoms with Gasteiger partial charge in [-0.05, 0) is 43.2 Å². The van der Waals surface area contributed by atoms with Crippen molar-refractivity contribution >= 4 is 21.6 Å². The number of carbonyl (C=O) groups is 1. The van der Waals surface area contributed by atoms with Gasteiger partial charge in [0.15, 0.2) is 0 Å². The van der Waals surface area contributed by atoms with Crippen molar-refractivity contribution in [3.05, 3.63) is 59.9 Å². The van der Waals surface area contributed by atoms with Crippen LogP contribution in [0.4, 0.5) is 5.69 Å². The lowest BCUT2D eigenvalue weighted by Crippen LogP contribution is -2.26. The van der Waals surface area contributed by atoms with Gasteiger partial charge in [0.1, 0.15) is 0 Å². The summed E-state index contributed by atoms with van der Waals surface area (Å²) < 4.78 is 25.6. The summed E-state index contributed by atoms with van der Waals surface area (Å²) in [6.07, 6.45) is 4.14. The second kappa shape index (κ2) is 7.73. The predicted octanol–water partition coefficient (Wildman–Crippen LogP) is 1.82. The van der Waals surface area contributed by atoms with Crippen LogP contribution in [0.1, 0.15) is 22.8 Å². The maximum absolute atomic E-state index is 12.1. The fourth-order valence-corrected chi connectivity index (χ4v) is 2.57. The fraction of sp³-hybridized carbons (Fsp3) is 0.250. The molecule has 0 aliphatic rings. The van der Waals surface area contributed by atoms with Gasteiger partial charge in [-0.25, -0.2) is 8.42 Å². The molecule has 2 rings (SSSR count). The summed E-state index contributed by atoms with van der Waals surface area (Å²) >= 11 is 0. The van der Waals surface area contributed by atoms with Crippen LogP contribution in [-0.2, 0) is 16.4 Å². The number of amides is 1. The third-order valence-electron chi connectivity index (χ3n) is 3.20. The summed E-state index contributed by atoms with van der Waals surface area (Å²) in [6.45, 7) is 2.03. The number of anilines is 1. The van der Waals surface area contributed by atoms with E-state index >= 15 is 0 Å². The van der Waals surface area contributed by atoms with Crippen LogP contribution in [0.15, 0.2) is 48.8 Å². The zero-order valence-electron chi connectivity index (χ0n) is 12.8. The molecule has 0 saturated heterocycles. The topological polar surface area (TPSA) is 88.2 Å². The van der Waals surface area contributed by atoms with Gasteiger partial charge in [0.05, 0.1) is 5.75 Å². The van der Waals surface area contributed by atoms with Gasteiger partial charge in [-0.2, -0.15) is 0 Å². The second-order valence-electron chi connectivity index (χ2n) is 4.95. The maximum Gasteiger partial charge on any atom is 0.251 e. The van der Waals surface area contributed by atoms with E-state index in [1.807, 2.05) is 12.1 Å². The number of rotatable bonds is 7. The Morgan fingerprint density at radius 1 is 1.22 bits per heavy atom. The molecule has 0 radical (unpaired) electrons. The van der Waals surface area contributed by atoms with Crippen molar-refractivity contribution in [3.8, 4) is 0 Å². The molecule has 0 aliphatic heterocycles. The van der Waals surface area contributed by atoms with E-state index in [2.05, 4.69) is 15.0 Å². The van der Waals surface area contributed by atoms with Crippen LogP contribution >= 0.6 is 0 Å². The Balaban J connectivity index is 1.94. The molecule has 122 valence electrons. The number of hydrogen-bond acceptors (Lipinski definition) is 4. The Labute approximate surface area is 136 Å². The van der Waals surface area contributed by atoms with Gasteiger partial charge in [0, 0.05) is 30.2 Å². The van der Waals surface area contributed by atoms with Crippen LogP contribution in [0.5, 0.6) is 0 Å². The molecule has 1 amide bonds. The highest BCUT2D eigenvalue weighted by atomic mass is 32.2. The van der Waals surface area contributed by atoms with E-state index in [-0.39, 0.29) is 11.7 Å². The first-order valence-electron chi connectivity index (χ1n) is 7.28. The molecular formula is C16H19N3O3S. The van der Waals surface area contributed by atoms with Crippen molar-refractivity contribution in [2.45, 2.75) is 13.3 Å². The first-order valence-corrected chi connectivity index (χ1v) is 8.93. The minimum absolute atomic E-state index is 0.0193. The van der Waals surface area contributed by atoms with Gasteiger partial charge in [-0.1, -0.05) is 12.1 Å². The number of pyridine rings is 1. The summed E-state index contributed by atoms with van der Waals surface area (Å²) in [6, 6.07) is 10.2. The van der Waals surface area contributed by atoms with Crippen LogP contribution in [0.3, 0.4) is 0 Å². The van der Waals surface area contributed by atoms with E-state index in [1.54, 1.807) is 37.5 Å². The van der Waals surface area contributed by atoms with Crippen molar-refractivity contribution in [1.29, 1.82) is 0 Å². The number of sulfonamides is 1. The monoisotopic (exact) mass is 333 g/mol. The summed E-state index contributed by atoms with van der Waals surface area (Å²) in [5.74, 6) is -0.263. The normalized spacial score (nSPS) is 11.0. The molecule has 1 aromatic heterocycles. The standard InChI is InChI=1S/C16H19N3O3S/c1-2-23(21,22)19-15-7-3-6-14(11-15)16(20)18-10-8-13-5-4-9-17-12-13/h3-7,9,11-12,19H,2,8,10H2,1H3,(H,18,20). The van der Waals surface area contributed by atoms with Crippen LogP contribution < -0.4 is 10.0 Å². The van der Waals surface area contributed by atoms with E-state index in [9.17, 15) is 13.2 Å². The number of nitrogens with zero attached hydrogens (tertiary/aromatic N) is 1. The zero-order chi connectivity index (χ0) is 16.7.